The molecule has 0 heterocycles. The minimum atomic E-state index is -2.99. The standard InChI is InChI=1S/C13H21N3O2S/c1-3-9-19(17,18)10-8-16(2)12-7-5-4-6-11(12)13(14)15/h4-7H,3,8-10H2,1-2H3,(H3,14,15). The Morgan fingerprint density at radius 3 is 2.53 bits per heavy atom. The van der Waals surface area contributed by atoms with E-state index in [0.717, 1.165) is 5.69 Å². The van der Waals surface area contributed by atoms with Crippen LogP contribution in [0, 0.1) is 5.41 Å². The molecule has 1 aromatic carbocycles. The molecule has 0 saturated heterocycles. The number of anilines is 1. The highest BCUT2D eigenvalue weighted by Gasteiger charge is 2.13. The maximum Gasteiger partial charge on any atom is 0.152 e. The third-order valence-corrected chi connectivity index (χ3v) is 4.69. The summed E-state index contributed by atoms with van der Waals surface area (Å²) in [6, 6.07) is 7.25. The molecule has 6 heteroatoms. The Morgan fingerprint density at radius 1 is 1.32 bits per heavy atom. The lowest BCUT2D eigenvalue weighted by molar-refractivity contribution is 0.594. The first-order valence-corrected chi connectivity index (χ1v) is 8.04. The number of nitrogens with zero attached hydrogens (tertiary/aromatic N) is 1. The number of hydrogen-bond donors (Lipinski definition) is 2. The molecule has 19 heavy (non-hydrogen) atoms. The SMILES string of the molecule is CCCS(=O)(=O)CCN(C)c1ccccc1C(=N)N. The smallest absolute Gasteiger partial charge is 0.152 e. The Morgan fingerprint density at radius 2 is 1.95 bits per heavy atom. The van der Waals surface area contributed by atoms with Gasteiger partial charge in [0.1, 0.15) is 5.84 Å². The fourth-order valence-corrected chi connectivity index (χ4v) is 3.22. The van der Waals surface area contributed by atoms with Crippen LogP contribution in [0.25, 0.3) is 0 Å². The van der Waals surface area contributed by atoms with Crippen molar-refractivity contribution in [2.75, 3.05) is 30.0 Å². The summed E-state index contributed by atoms with van der Waals surface area (Å²) in [6.07, 6.45) is 0.635. The van der Waals surface area contributed by atoms with E-state index in [4.69, 9.17) is 11.1 Å². The van der Waals surface area contributed by atoms with Crippen molar-refractivity contribution < 1.29 is 8.42 Å². The summed E-state index contributed by atoms with van der Waals surface area (Å²) in [6.45, 7) is 2.25. The van der Waals surface area contributed by atoms with Gasteiger partial charge in [-0.1, -0.05) is 19.1 Å². The van der Waals surface area contributed by atoms with Gasteiger partial charge in [-0.2, -0.15) is 0 Å². The van der Waals surface area contributed by atoms with Crippen LogP contribution in [0.5, 0.6) is 0 Å². The van der Waals surface area contributed by atoms with Crippen molar-refractivity contribution >= 4 is 21.4 Å². The largest absolute Gasteiger partial charge is 0.384 e. The van der Waals surface area contributed by atoms with Crippen LogP contribution >= 0.6 is 0 Å². The van der Waals surface area contributed by atoms with E-state index in [2.05, 4.69) is 0 Å². The van der Waals surface area contributed by atoms with Crippen LogP contribution in [0.3, 0.4) is 0 Å². The maximum absolute atomic E-state index is 11.7. The van der Waals surface area contributed by atoms with Gasteiger partial charge in [0, 0.05) is 30.6 Å². The van der Waals surface area contributed by atoms with E-state index in [1.54, 1.807) is 6.07 Å². The number of sulfone groups is 1. The second-order valence-corrected chi connectivity index (χ2v) is 6.81. The summed E-state index contributed by atoms with van der Waals surface area (Å²) in [4.78, 5) is 1.82. The molecule has 0 spiro atoms. The van der Waals surface area contributed by atoms with E-state index in [1.165, 1.54) is 0 Å². The van der Waals surface area contributed by atoms with Crippen LogP contribution < -0.4 is 10.6 Å². The molecular weight excluding hydrogens is 262 g/mol. The average Bonchev–Trinajstić information content (AvgIpc) is 2.36. The fourth-order valence-electron chi connectivity index (χ4n) is 1.84. The molecule has 0 atom stereocenters. The van der Waals surface area contributed by atoms with Crippen LogP contribution in [-0.4, -0.2) is 39.4 Å². The molecule has 0 radical (unpaired) electrons. The van der Waals surface area contributed by atoms with Gasteiger partial charge in [-0.05, 0) is 18.6 Å². The number of benzene rings is 1. The van der Waals surface area contributed by atoms with Crippen LogP contribution in [-0.2, 0) is 9.84 Å². The van der Waals surface area contributed by atoms with Crippen molar-refractivity contribution in [3.8, 4) is 0 Å². The zero-order valence-electron chi connectivity index (χ0n) is 11.4. The Balaban J connectivity index is 2.79. The Hall–Kier alpha value is -1.56. The first-order chi connectivity index (χ1) is 8.87. The summed E-state index contributed by atoms with van der Waals surface area (Å²) in [5, 5.41) is 7.52. The first kappa shape index (κ1) is 15.5. The Kier molecular flexibility index (Phi) is 5.35. The molecule has 3 N–H and O–H groups in total. The third kappa shape index (κ3) is 4.55. The molecule has 1 rings (SSSR count). The fraction of sp³-hybridized carbons (Fsp3) is 0.462. The van der Waals surface area contributed by atoms with Crippen molar-refractivity contribution in [3.63, 3.8) is 0 Å². The topological polar surface area (TPSA) is 87.2 Å². The lowest BCUT2D eigenvalue weighted by Gasteiger charge is -2.21. The summed E-state index contributed by atoms with van der Waals surface area (Å²) in [5.74, 6) is 0.317. The summed E-state index contributed by atoms with van der Waals surface area (Å²) in [7, 11) is -1.19. The van der Waals surface area contributed by atoms with Crippen LogP contribution in [0.1, 0.15) is 18.9 Å². The van der Waals surface area contributed by atoms with Gasteiger partial charge in [0.15, 0.2) is 9.84 Å². The lowest BCUT2D eigenvalue weighted by atomic mass is 10.1. The molecule has 0 aromatic heterocycles. The zero-order valence-corrected chi connectivity index (χ0v) is 12.2. The van der Waals surface area contributed by atoms with Crippen molar-refractivity contribution in [1.29, 1.82) is 5.41 Å². The Labute approximate surface area is 114 Å². The van der Waals surface area contributed by atoms with Crippen molar-refractivity contribution in [2.45, 2.75) is 13.3 Å². The number of nitrogen functional groups attached to an aromatic ring is 1. The summed E-state index contributed by atoms with van der Waals surface area (Å²) < 4.78 is 23.4. The lowest BCUT2D eigenvalue weighted by Crippen LogP contribution is -2.28. The molecule has 0 aliphatic heterocycles. The zero-order chi connectivity index (χ0) is 14.5. The van der Waals surface area contributed by atoms with Crippen LogP contribution in [0.2, 0.25) is 0 Å². The van der Waals surface area contributed by atoms with E-state index in [1.807, 2.05) is 37.1 Å². The number of hydrogen-bond acceptors (Lipinski definition) is 4. The third-order valence-electron chi connectivity index (χ3n) is 2.86. The molecule has 0 aliphatic rings. The molecule has 1 aromatic rings. The van der Waals surface area contributed by atoms with E-state index in [0.29, 0.717) is 18.5 Å². The molecule has 0 amide bonds. The van der Waals surface area contributed by atoms with Gasteiger partial charge in [0.25, 0.3) is 0 Å². The van der Waals surface area contributed by atoms with E-state index < -0.39 is 9.84 Å². The molecule has 0 aliphatic carbocycles. The molecule has 0 bridgehead atoms. The number of nitrogens with one attached hydrogen (secondary N) is 1. The number of amidine groups is 1. The van der Waals surface area contributed by atoms with Gasteiger partial charge in [-0.25, -0.2) is 8.42 Å². The molecule has 0 unspecified atom stereocenters. The van der Waals surface area contributed by atoms with Gasteiger partial charge >= 0.3 is 0 Å². The second-order valence-electron chi connectivity index (χ2n) is 4.50. The number of para-hydroxylation sites is 1. The van der Waals surface area contributed by atoms with Gasteiger partial charge in [0.05, 0.1) is 5.75 Å². The molecule has 0 fully saturated rings. The van der Waals surface area contributed by atoms with Gasteiger partial charge < -0.3 is 10.6 Å². The predicted octanol–water partition coefficient (Wildman–Crippen LogP) is 1.23. The normalized spacial score (nSPS) is 11.3. The Bertz CT molecular complexity index is 541. The van der Waals surface area contributed by atoms with E-state index in [-0.39, 0.29) is 17.3 Å². The van der Waals surface area contributed by atoms with Crippen molar-refractivity contribution in [1.82, 2.24) is 0 Å². The van der Waals surface area contributed by atoms with E-state index >= 15 is 0 Å². The van der Waals surface area contributed by atoms with Gasteiger partial charge in [0.2, 0.25) is 0 Å². The molecule has 5 nitrogen and oxygen atoms in total. The summed E-state index contributed by atoms with van der Waals surface area (Å²) >= 11 is 0. The van der Waals surface area contributed by atoms with Crippen LogP contribution in [0.4, 0.5) is 5.69 Å². The number of nitrogens with two attached hydrogens (primary N) is 1. The van der Waals surface area contributed by atoms with Crippen molar-refractivity contribution in [2.24, 2.45) is 5.73 Å². The second kappa shape index (κ2) is 6.56. The quantitative estimate of drug-likeness (QED) is 0.582. The minimum Gasteiger partial charge on any atom is -0.384 e. The average molecular weight is 283 g/mol. The van der Waals surface area contributed by atoms with Gasteiger partial charge in [-0.3, -0.25) is 5.41 Å². The molecular formula is C13H21N3O2S. The molecule has 0 saturated carbocycles. The highest BCUT2D eigenvalue weighted by atomic mass is 32.2. The monoisotopic (exact) mass is 283 g/mol. The van der Waals surface area contributed by atoms with Crippen molar-refractivity contribution in [3.05, 3.63) is 29.8 Å². The number of rotatable bonds is 7. The van der Waals surface area contributed by atoms with Crippen LogP contribution in [0.15, 0.2) is 24.3 Å². The first-order valence-electron chi connectivity index (χ1n) is 6.22. The molecule has 106 valence electrons. The highest BCUT2D eigenvalue weighted by molar-refractivity contribution is 7.91. The van der Waals surface area contributed by atoms with Gasteiger partial charge in [-0.15, -0.1) is 0 Å². The summed E-state index contributed by atoms with van der Waals surface area (Å²) in [5.41, 5.74) is 6.92. The minimum absolute atomic E-state index is 0.0149. The maximum atomic E-state index is 11.7. The highest BCUT2D eigenvalue weighted by Crippen LogP contribution is 2.18. The predicted molar refractivity (Wildman–Crippen MR) is 79.7 cm³/mol. The van der Waals surface area contributed by atoms with E-state index in [9.17, 15) is 8.42 Å².